The highest BCUT2D eigenvalue weighted by Crippen LogP contribution is 2.16. The van der Waals surface area contributed by atoms with Gasteiger partial charge in [0, 0.05) is 6.20 Å². The lowest BCUT2D eigenvalue weighted by Crippen LogP contribution is -1.84. The zero-order valence-corrected chi connectivity index (χ0v) is 7.18. The summed E-state index contributed by atoms with van der Waals surface area (Å²) in [7, 11) is 0. The van der Waals surface area contributed by atoms with Crippen LogP contribution in [0.4, 0.5) is 4.39 Å². The summed E-state index contributed by atoms with van der Waals surface area (Å²) in [6.07, 6.45) is 3.50. The minimum Gasteiger partial charge on any atom is -0.288 e. The van der Waals surface area contributed by atoms with Crippen LogP contribution in [0.5, 0.6) is 0 Å². The van der Waals surface area contributed by atoms with Crippen LogP contribution in [-0.2, 0) is 0 Å². The second-order valence-corrected chi connectivity index (χ2v) is 3.14. The third-order valence-electron chi connectivity index (χ3n) is 2.21. The molecule has 0 amide bonds. The summed E-state index contributed by atoms with van der Waals surface area (Å²) in [5.74, 6) is -0.235. The summed E-state index contributed by atoms with van der Waals surface area (Å²) >= 11 is 0. The first-order valence-corrected chi connectivity index (χ1v) is 4.21. The van der Waals surface area contributed by atoms with Crippen molar-refractivity contribution in [3.05, 3.63) is 42.6 Å². The van der Waals surface area contributed by atoms with Gasteiger partial charge >= 0.3 is 0 Å². The number of fused-ring (bicyclic) bond motifs is 2. The van der Waals surface area contributed by atoms with E-state index >= 15 is 0 Å². The van der Waals surface area contributed by atoms with Crippen LogP contribution >= 0.6 is 0 Å². The third-order valence-corrected chi connectivity index (χ3v) is 2.21. The number of aromatic nitrogens is 3. The fourth-order valence-electron chi connectivity index (χ4n) is 1.53. The normalized spacial score (nSPS) is 11.2. The molecule has 0 spiro atoms. The highest BCUT2D eigenvalue weighted by atomic mass is 19.1. The molecule has 0 N–H and O–H groups in total. The maximum atomic E-state index is 12.9. The Labute approximate surface area is 78.8 Å². The van der Waals surface area contributed by atoms with Gasteiger partial charge < -0.3 is 0 Å². The van der Waals surface area contributed by atoms with Crippen molar-refractivity contribution in [2.75, 3.05) is 0 Å². The van der Waals surface area contributed by atoms with E-state index in [0.717, 1.165) is 16.4 Å². The largest absolute Gasteiger partial charge is 0.288 e. The Hall–Kier alpha value is -1.97. The van der Waals surface area contributed by atoms with Crippen LogP contribution < -0.4 is 0 Å². The van der Waals surface area contributed by atoms with Crippen molar-refractivity contribution in [3.8, 4) is 0 Å². The molecule has 0 aliphatic rings. The Morgan fingerprint density at radius 3 is 3.00 bits per heavy atom. The van der Waals surface area contributed by atoms with Crippen molar-refractivity contribution in [2.24, 2.45) is 0 Å². The molecule has 3 nitrogen and oxygen atoms in total. The number of nitrogens with zero attached hydrogens (tertiary/aromatic N) is 3. The van der Waals surface area contributed by atoms with Gasteiger partial charge in [0.15, 0.2) is 5.65 Å². The highest BCUT2D eigenvalue weighted by Gasteiger charge is 1.99. The summed E-state index contributed by atoms with van der Waals surface area (Å²) in [5.41, 5.74) is 0.725. The molecule has 0 radical (unpaired) electrons. The molecule has 0 atom stereocenters. The van der Waals surface area contributed by atoms with E-state index in [4.69, 9.17) is 0 Å². The lowest BCUT2D eigenvalue weighted by Gasteiger charge is -1.98. The molecule has 68 valence electrons. The first kappa shape index (κ1) is 7.44. The Bertz CT molecular complexity index is 615. The number of benzene rings is 1. The summed E-state index contributed by atoms with van der Waals surface area (Å²) in [6, 6.07) is 6.48. The zero-order chi connectivity index (χ0) is 9.54. The molecule has 3 rings (SSSR count). The number of hydrogen-bond acceptors (Lipinski definition) is 2. The van der Waals surface area contributed by atoms with Crippen LogP contribution in [0.3, 0.4) is 0 Å². The van der Waals surface area contributed by atoms with E-state index in [1.807, 2.05) is 12.3 Å². The number of hydrogen-bond donors (Lipinski definition) is 0. The number of halogens is 1. The molecule has 2 heterocycles. The molecule has 0 saturated heterocycles. The summed E-state index contributed by atoms with van der Waals surface area (Å²) in [4.78, 5) is 0. The zero-order valence-electron chi connectivity index (χ0n) is 7.18. The highest BCUT2D eigenvalue weighted by molar-refractivity contribution is 5.84. The summed E-state index contributed by atoms with van der Waals surface area (Å²) in [6.45, 7) is 0. The second-order valence-electron chi connectivity index (χ2n) is 3.14. The second kappa shape index (κ2) is 2.51. The van der Waals surface area contributed by atoms with Crippen LogP contribution in [0.15, 0.2) is 36.8 Å². The molecule has 0 fully saturated rings. The van der Waals surface area contributed by atoms with Crippen molar-refractivity contribution < 1.29 is 4.39 Å². The number of pyridine rings is 1. The van der Waals surface area contributed by atoms with Gasteiger partial charge in [-0.25, -0.2) is 4.39 Å². The Kier molecular flexibility index (Phi) is 1.33. The standard InChI is InChI=1S/C10H6FN3/c11-9-2-1-7-5-14-6-12-13-10(14)4-8(7)3-9/h1-6H. The van der Waals surface area contributed by atoms with E-state index in [-0.39, 0.29) is 5.82 Å². The van der Waals surface area contributed by atoms with Crippen molar-refractivity contribution >= 4 is 16.4 Å². The molecule has 0 unspecified atom stereocenters. The smallest absolute Gasteiger partial charge is 0.161 e. The molecule has 4 heteroatoms. The van der Waals surface area contributed by atoms with Gasteiger partial charge in [-0.1, -0.05) is 0 Å². The lowest BCUT2D eigenvalue weighted by molar-refractivity contribution is 0.629. The predicted octanol–water partition coefficient (Wildman–Crippen LogP) is 2.02. The minimum atomic E-state index is -0.235. The van der Waals surface area contributed by atoms with Gasteiger partial charge in [0.05, 0.1) is 0 Å². The van der Waals surface area contributed by atoms with Gasteiger partial charge in [-0.3, -0.25) is 4.40 Å². The molecule has 0 aliphatic carbocycles. The van der Waals surface area contributed by atoms with Crippen LogP contribution in [0, 0.1) is 5.82 Å². The van der Waals surface area contributed by atoms with Crippen molar-refractivity contribution in [1.29, 1.82) is 0 Å². The molecular formula is C10H6FN3. The molecule has 0 aliphatic heterocycles. The Morgan fingerprint density at radius 1 is 1.14 bits per heavy atom. The van der Waals surface area contributed by atoms with Gasteiger partial charge in [0.2, 0.25) is 0 Å². The van der Waals surface area contributed by atoms with E-state index in [2.05, 4.69) is 10.2 Å². The van der Waals surface area contributed by atoms with E-state index in [9.17, 15) is 4.39 Å². The van der Waals surface area contributed by atoms with Gasteiger partial charge in [-0.05, 0) is 35.0 Å². The van der Waals surface area contributed by atoms with Crippen molar-refractivity contribution in [1.82, 2.24) is 14.6 Å². The molecule has 2 aromatic heterocycles. The predicted molar refractivity (Wildman–Crippen MR) is 50.5 cm³/mol. The SMILES string of the molecule is Fc1ccc2cn3cnnc3cc2c1. The van der Waals surface area contributed by atoms with E-state index in [1.54, 1.807) is 16.8 Å². The van der Waals surface area contributed by atoms with Crippen LogP contribution in [0.1, 0.15) is 0 Å². The molecule has 1 aromatic carbocycles. The van der Waals surface area contributed by atoms with Crippen LogP contribution in [0.25, 0.3) is 16.4 Å². The monoisotopic (exact) mass is 187 g/mol. The van der Waals surface area contributed by atoms with Crippen LogP contribution in [-0.4, -0.2) is 14.6 Å². The molecule has 3 aromatic rings. The van der Waals surface area contributed by atoms with E-state index in [1.165, 1.54) is 12.1 Å². The topological polar surface area (TPSA) is 30.2 Å². The quantitative estimate of drug-likeness (QED) is 0.539. The Balaban J connectivity index is 2.50. The average molecular weight is 187 g/mol. The molecule has 0 bridgehead atoms. The first-order chi connectivity index (χ1) is 6.83. The van der Waals surface area contributed by atoms with E-state index in [0.29, 0.717) is 0 Å². The summed E-state index contributed by atoms with van der Waals surface area (Å²) in [5, 5.41) is 9.46. The van der Waals surface area contributed by atoms with Gasteiger partial charge in [-0.15, -0.1) is 10.2 Å². The molecular weight excluding hydrogens is 181 g/mol. The maximum absolute atomic E-state index is 12.9. The molecule has 14 heavy (non-hydrogen) atoms. The van der Waals surface area contributed by atoms with Crippen molar-refractivity contribution in [3.63, 3.8) is 0 Å². The maximum Gasteiger partial charge on any atom is 0.161 e. The summed E-state index contributed by atoms with van der Waals surface area (Å²) < 4.78 is 14.7. The fraction of sp³-hybridized carbons (Fsp3) is 0. The molecule has 0 saturated carbocycles. The first-order valence-electron chi connectivity index (χ1n) is 4.21. The third kappa shape index (κ3) is 0.970. The number of rotatable bonds is 0. The fourth-order valence-corrected chi connectivity index (χ4v) is 1.53. The van der Waals surface area contributed by atoms with E-state index < -0.39 is 0 Å². The van der Waals surface area contributed by atoms with Crippen molar-refractivity contribution in [2.45, 2.75) is 0 Å². The lowest BCUT2D eigenvalue weighted by atomic mass is 10.2. The minimum absolute atomic E-state index is 0.235. The average Bonchev–Trinajstić information content (AvgIpc) is 2.61. The van der Waals surface area contributed by atoms with Gasteiger partial charge in [0.25, 0.3) is 0 Å². The van der Waals surface area contributed by atoms with Crippen LogP contribution in [0.2, 0.25) is 0 Å². The Morgan fingerprint density at radius 2 is 2.07 bits per heavy atom. The van der Waals surface area contributed by atoms with Gasteiger partial charge in [-0.2, -0.15) is 0 Å². The van der Waals surface area contributed by atoms with Gasteiger partial charge in [0.1, 0.15) is 12.1 Å².